The Kier molecular flexibility index (Phi) is 2.61. The maximum Gasteiger partial charge on any atom is 0.336 e. The Morgan fingerprint density at radius 2 is 2.06 bits per heavy atom. The SMILES string of the molecule is O=C(O)c1cccc([N+](=O)[O-])c1-c1ccco1. The number of nitro groups is 1. The molecule has 0 atom stereocenters. The van der Waals surface area contributed by atoms with Crippen molar-refractivity contribution in [3.05, 3.63) is 52.3 Å². The van der Waals surface area contributed by atoms with Gasteiger partial charge in [0.1, 0.15) is 11.3 Å². The standard InChI is InChI=1S/C11H7NO5/c13-11(14)7-3-1-4-8(12(15)16)10(7)9-5-2-6-17-9/h1-6H,(H,13,14). The van der Waals surface area contributed by atoms with Gasteiger partial charge in [0.25, 0.3) is 5.69 Å². The van der Waals surface area contributed by atoms with Crippen molar-refractivity contribution in [2.24, 2.45) is 0 Å². The first-order chi connectivity index (χ1) is 8.11. The van der Waals surface area contributed by atoms with Crippen molar-refractivity contribution in [1.29, 1.82) is 0 Å². The first kappa shape index (κ1) is 10.9. The minimum Gasteiger partial charge on any atom is -0.478 e. The molecule has 0 unspecified atom stereocenters. The first-order valence-electron chi connectivity index (χ1n) is 4.66. The third-order valence-electron chi connectivity index (χ3n) is 2.24. The highest BCUT2D eigenvalue weighted by atomic mass is 16.6. The summed E-state index contributed by atoms with van der Waals surface area (Å²) in [6, 6.07) is 6.89. The van der Waals surface area contributed by atoms with Crippen LogP contribution in [0.3, 0.4) is 0 Å². The summed E-state index contributed by atoms with van der Waals surface area (Å²) in [5.74, 6) is -1.07. The van der Waals surface area contributed by atoms with Crippen molar-refractivity contribution in [2.75, 3.05) is 0 Å². The lowest BCUT2D eigenvalue weighted by molar-refractivity contribution is -0.384. The van der Waals surface area contributed by atoms with Crippen LogP contribution in [-0.2, 0) is 0 Å². The Hall–Kier alpha value is -2.63. The van der Waals surface area contributed by atoms with Gasteiger partial charge in [-0.05, 0) is 18.2 Å². The number of benzene rings is 1. The molecule has 1 aromatic carbocycles. The normalized spacial score (nSPS) is 10.1. The van der Waals surface area contributed by atoms with E-state index in [4.69, 9.17) is 9.52 Å². The van der Waals surface area contributed by atoms with Crippen LogP contribution in [0.15, 0.2) is 41.0 Å². The van der Waals surface area contributed by atoms with Gasteiger partial charge in [-0.3, -0.25) is 10.1 Å². The smallest absolute Gasteiger partial charge is 0.336 e. The number of carboxylic acid groups (broad SMARTS) is 1. The largest absolute Gasteiger partial charge is 0.478 e. The Morgan fingerprint density at radius 3 is 2.59 bits per heavy atom. The number of nitro benzene ring substituents is 1. The highest BCUT2D eigenvalue weighted by Gasteiger charge is 2.24. The van der Waals surface area contributed by atoms with E-state index < -0.39 is 10.9 Å². The Bertz CT molecular complexity index is 541. The Balaban J connectivity index is 2.76. The average Bonchev–Trinajstić information content (AvgIpc) is 2.80. The quantitative estimate of drug-likeness (QED) is 0.649. The monoisotopic (exact) mass is 233 g/mol. The predicted octanol–water partition coefficient (Wildman–Crippen LogP) is 2.55. The second-order valence-electron chi connectivity index (χ2n) is 3.24. The van der Waals surface area contributed by atoms with E-state index in [-0.39, 0.29) is 22.6 Å². The molecule has 1 aromatic heterocycles. The van der Waals surface area contributed by atoms with Crippen LogP contribution in [0.2, 0.25) is 0 Å². The number of aromatic carboxylic acids is 1. The number of hydrogen-bond acceptors (Lipinski definition) is 4. The maximum atomic E-state index is 11.0. The Morgan fingerprint density at radius 1 is 1.29 bits per heavy atom. The van der Waals surface area contributed by atoms with Crippen LogP contribution < -0.4 is 0 Å². The van der Waals surface area contributed by atoms with Crippen LogP contribution in [0.4, 0.5) is 5.69 Å². The van der Waals surface area contributed by atoms with Gasteiger partial charge in [-0.2, -0.15) is 0 Å². The van der Waals surface area contributed by atoms with Crippen molar-refractivity contribution < 1.29 is 19.2 Å². The molecule has 0 aliphatic rings. The minimum absolute atomic E-state index is 0.0185. The van der Waals surface area contributed by atoms with Gasteiger partial charge in [0.15, 0.2) is 0 Å². The molecule has 6 heteroatoms. The molecule has 0 spiro atoms. The molecule has 2 rings (SSSR count). The van der Waals surface area contributed by atoms with Crippen molar-refractivity contribution in [2.45, 2.75) is 0 Å². The molecule has 6 nitrogen and oxygen atoms in total. The predicted molar refractivity (Wildman–Crippen MR) is 57.8 cm³/mol. The van der Waals surface area contributed by atoms with E-state index in [1.165, 1.54) is 36.6 Å². The zero-order valence-electron chi connectivity index (χ0n) is 8.49. The zero-order chi connectivity index (χ0) is 12.4. The van der Waals surface area contributed by atoms with Crippen LogP contribution in [0.5, 0.6) is 0 Å². The number of furan rings is 1. The fraction of sp³-hybridized carbons (Fsp3) is 0. The molecular formula is C11H7NO5. The van der Waals surface area contributed by atoms with Gasteiger partial charge in [0.05, 0.1) is 16.7 Å². The van der Waals surface area contributed by atoms with Crippen molar-refractivity contribution >= 4 is 11.7 Å². The molecule has 1 N–H and O–H groups in total. The van der Waals surface area contributed by atoms with Gasteiger partial charge in [-0.1, -0.05) is 6.07 Å². The van der Waals surface area contributed by atoms with E-state index in [0.29, 0.717) is 0 Å². The van der Waals surface area contributed by atoms with Gasteiger partial charge in [0.2, 0.25) is 0 Å². The zero-order valence-corrected chi connectivity index (χ0v) is 8.49. The van der Waals surface area contributed by atoms with Crippen molar-refractivity contribution in [3.8, 4) is 11.3 Å². The highest BCUT2D eigenvalue weighted by Crippen LogP contribution is 2.33. The first-order valence-corrected chi connectivity index (χ1v) is 4.66. The summed E-state index contributed by atoms with van der Waals surface area (Å²) in [5, 5.41) is 19.9. The summed E-state index contributed by atoms with van der Waals surface area (Å²) < 4.78 is 5.03. The number of carboxylic acids is 1. The minimum atomic E-state index is -1.24. The maximum absolute atomic E-state index is 11.0. The van der Waals surface area contributed by atoms with Gasteiger partial charge < -0.3 is 9.52 Å². The van der Waals surface area contributed by atoms with Gasteiger partial charge >= 0.3 is 5.97 Å². The molecule has 2 aromatic rings. The lowest BCUT2D eigenvalue weighted by atomic mass is 10.0. The highest BCUT2D eigenvalue weighted by molar-refractivity contribution is 5.97. The molecule has 1 heterocycles. The molecule has 0 saturated heterocycles. The molecule has 0 saturated carbocycles. The summed E-state index contributed by atoms with van der Waals surface area (Å²) in [7, 11) is 0. The number of carbonyl (C=O) groups is 1. The van der Waals surface area contributed by atoms with Crippen molar-refractivity contribution in [3.63, 3.8) is 0 Å². The third kappa shape index (κ3) is 1.87. The summed E-state index contributed by atoms with van der Waals surface area (Å²) in [5.41, 5.74) is -0.469. The fourth-order valence-corrected chi connectivity index (χ4v) is 1.55. The molecule has 86 valence electrons. The van der Waals surface area contributed by atoms with Gasteiger partial charge in [-0.25, -0.2) is 4.79 Å². The van der Waals surface area contributed by atoms with E-state index in [1.807, 2.05) is 0 Å². The topological polar surface area (TPSA) is 93.6 Å². The molecule has 0 fully saturated rings. The number of hydrogen-bond donors (Lipinski definition) is 1. The summed E-state index contributed by atoms with van der Waals surface area (Å²) >= 11 is 0. The second-order valence-corrected chi connectivity index (χ2v) is 3.24. The lowest BCUT2D eigenvalue weighted by Crippen LogP contribution is -2.02. The van der Waals surface area contributed by atoms with E-state index in [0.717, 1.165) is 0 Å². The molecule has 0 aliphatic carbocycles. The molecular weight excluding hydrogens is 226 g/mol. The van der Waals surface area contributed by atoms with Crippen LogP contribution in [0.25, 0.3) is 11.3 Å². The summed E-state index contributed by atoms with van der Waals surface area (Å²) in [6.07, 6.45) is 1.33. The number of rotatable bonds is 3. The molecule has 0 aliphatic heterocycles. The van der Waals surface area contributed by atoms with E-state index >= 15 is 0 Å². The lowest BCUT2D eigenvalue weighted by Gasteiger charge is -2.03. The molecule has 0 amide bonds. The Labute approximate surface area is 95.3 Å². The fourth-order valence-electron chi connectivity index (χ4n) is 1.55. The second kappa shape index (κ2) is 4.09. The van der Waals surface area contributed by atoms with Crippen LogP contribution >= 0.6 is 0 Å². The van der Waals surface area contributed by atoms with E-state index in [1.54, 1.807) is 0 Å². The third-order valence-corrected chi connectivity index (χ3v) is 2.24. The van der Waals surface area contributed by atoms with Crippen molar-refractivity contribution in [1.82, 2.24) is 0 Å². The molecule has 17 heavy (non-hydrogen) atoms. The van der Waals surface area contributed by atoms with Gasteiger partial charge in [-0.15, -0.1) is 0 Å². The average molecular weight is 233 g/mol. The van der Waals surface area contributed by atoms with Crippen LogP contribution in [0.1, 0.15) is 10.4 Å². The van der Waals surface area contributed by atoms with Crippen LogP contribution in [-0.4, -0.2) is 16.0 Å². The van der Waals surface area contributed by atoms with E-state index in [9.17, 15) is 14.9 Å². The molecule has 0 radical (unpaired) electrons. The number of nitrogens with zero attached hydrogens (tertiary/aromatic N) is 1. The summed E-state index contributed by atoms with van der Waals surface area (Å²) in [6.45, 7) is 0. The van der Waals surface area contributed by atoms with Gasteiger partial charge in [0, 0.05) is 6.07 Å². The van der Waals surface area contributed by atoms with E-state index in [2.05, 4.69) is 0 Å². The van der Waals surface area contributed by atoms with Crippen LogP contribution in [0, 0.1) is 10.1 Å². The summed E-state index contributed by atoms with van der Waals surface area (Å²) in [4.78, 5) is 21.3. The molecule has 0 bridgehead atoms.